The predicted octanol–water partition coefficient (Wildman–Crippen LogP) is 3.03. The maximum absolute atomic E-state index is 5.96. The second-order valence-electron chi connectivity index (χ2n) is 4.28. The summed E-state index contributed by atoms with van der Waals surface area (Å²) >= 11 is 0. The number of ether oxygens (including phenoxy) is 1. The molecule has 2 rings (SSSR count). The van der Waals surface area contributed by atoms with E-state index in [9.17, 15) is 0 Å². The van der Waals surface area contributed by atoms with Gasteiger partial charge in [-0.3, -0.25) is 0 Å². The molecule has 0 spiro atoms. The van der Waals surface area contributed by atoms with Crippen molar-refractivity contribution < 1.29 is 9.15 Å². The topological polar surface area (TPSA) is 48.4 Å². The molecule has 0 aliphatic carbocycles. The van der Waals surface area contributed by atoms with Gasteiger partial charge < -0.3 is 14.9 Å². The number of fused-ring (bicyclic) bond motifs is 1. The van der Waals surface area contributed by atoms with Gasteiger partial charge in [-0.2, -0.15) is 0 Å². The zero-order valence-corrected chi connectivity index (χ0v) is 10.4. The number of nitrogens with two attached hydrogens (primary N) is 1. The van der Waals surface area contributed by atoms with Crippen LogP contribution in [0.5, 0.6) is 0 Å². The third-order valence-corrected chi connectivity index (χ3v) is 3.00. The fourth-order valence-corrected chi connectivity index (χ4v) is 1.87. The molecule has 1 unspecified atom stereocenters. The highest BCUT2D eigenvalue weighted by molar-refractivity contribution is 5.78. The Balaban J connectivity index is 2.27. The summed E-state index contributed by atoms with van der Waals surface area (Å²) in [4.78, 5) is 0. The normalized spacial score (nSPS) is 13.1. The highest BCUT2D eigenvalue weighted by atomic mass is 16.5. The van der Waals surface area contributed by atoms with Gasteiger partial charge in [0.1, 0.15) is 11.3 Å². The molecule has 0 bridgehead atoms. The number of furan rings is 1. The highest BCUT2D eigenvalue weighted by Gasteiger charge is 2.10. The summed E-state index contributed by atoms with van der Waals surface area (Å²) in [5.74, 6) is 0.867. The van der Waals surface area contributed by atoms with E-state index in [0.717, 1.165) is 36.2 Å². The monoisotopic (exact) mass is 233 g/mol. The molecular formula is C14H19NO2. The van der Waals surface area contributed by atoms with Crippen LogP contribution < -0.4 is 5.73 Å². The van der Waals surface area contributed by atoms with E-state index in [1.54, 1.807) is 7.11 Å². The van der Waals surface area contributed by atoms with E-state index in [4.69, 9.17) is 14.9 Å². The summed E-state index contributed by atoms with van der Waals surface area (Å²) in [6.07, 6.45) is 1.81. The maximum Gasteiger partial charge on any atom is 0.134 e. The average molecular weight is 233 g/mol. The molecule has 3 heteroatoms. The highest BCUT2D eigenvalue weighted by Crippen LogP contribution is 2.25. The van der Waals surface area contributed by atoms with Gasteiger partial charge in [-0.05, 0) is 36.6 Å². The number of rotatable bonds is 5. The van der Waals surface area contributed by atoms with Crippen LogP contribution in [0.1, 0.15) is 30.7 Å². The molecule has 1 atom stereocenters. The van der Waals surface area contributed by atoms with Gasteiger partial charge in [-0.1, -0.05) is 13.0 Å². The molecule has 0 radical (unpaired) electrons. The summed E-state index contributed by atoms with van der Waals surface area (Å²) in [7, 11) is 1.72. The Morgan fingerprint density at radius 2 is 2.18 bits per heavy atom. The summed E-state index contributed by atoms with van der Waals surface area (Å²) in [6, 6.07) is 8.26. The van der Waals surface area contributed by atoms with Crippen molar-refractivity contribution in [3.05, 3.63) is 35.6 Å². The Hall–Kier alpha value is -1.32. The van der Waals surface area contributed by atoms with Crippen molar-refractivity contribution in [2.24, 2.45) is 5.73 Å². The van der Waals surface area contributed by atoms with Crippen LogP contribution >= 0.6 is 0 Å². The second-order valence-corrected chi connectivity index (χ2v) is 4.28. The second kappa shape index (κ2) is 5.34. The molecule has 0 aliphatic rings. The van der Waals surface area contributed by atoms with Crippen molar-refractivity contribution in [2.45, 2.75) is 25.8 Å². The maximum atomic E-state index is 5.96. The van der Waals surface area contributed by atoms with Crippen molar-refractivity contribution in [1.82, 2.24) is 0 Å². The van der Waals surface area contributed by atoms with Gasteiger partial charge in [-0.25, -0.2) is 0 Å². The first-order chi connectivity index (χ1) is 8.24. The molecule has 2 N–H and O–H groups in total. The summed E-state index contributed by atoms with van der Waals surface area (Å²) in [6.45, 7) is 2.80. The number of hydrogen-bond acceptors (Lipinski definition) is 3. The lowest BCUT2D eigenvalue weighted by molar-refractivity contribution is 0.202. The van der Waals surface area contributed by atoms with Crippen LogP contribution in [0.25, 0.3) is 11.0 Å². The van der Waals surface area contributed by atoms with Gasteiger partial charge in [0, 0.05) is 12.5 Å². The quantitative estimate of drug-likeness (QED) is 0.863. The molecule has 0 fully saturated rings. The van der Waals surface area contributed by atoms with E-state index in [-0.39, 0.29) is 6.04 Å². The Kier molecular flexibility index (Phi) is 3.82. The molecular weight excluding hydrogens is 214 g/mol. The van der Waals surface area contributed by atoms with Crippen LogP contribution in [0.15, 0.2) is 28.7 Å². The summed E-state index contributed by atoms with van der Waals surface area (Å²) in [5, 5.41) is 1.12. The lowest BCUT2D eigenvalue weighted by Crippen LogP contribution is -2.06. The lowest BCUT2D eigenvalue weighted by Gasteiger charge is -2.02. The Labute approximate surface area is 102 Å². The number of methoxy groups -OCH3 is 1. The Morgan fingerprint density at radius 1 is 1.35 bits per heavy atom. The molecule has 1 aromatic heterocycles. The van der Waals surface area contributed by atoms with Crippen LogP contribution in [-0.2, 0) is 11.2 Å². The molecule has 17 heavy (non-hydrogen) atoms. The van der Waals surface area contributed by atoms with Gasteiger partial charge in [0.15, 0.2) is 0 Å². The number of hydrogen-bond donors (Lipinski definition) is 1. The van der Waals surface area contributed by atoms with Crippen molar-refractivity contribution >= 4 is 11.0 Å². The van der Waals surface area contributed by atoms with Crippen LogP contribution in [0, 0.1) is 0 Å². The van der Waals surface area contributed by atoms with Crippen molar-refractivity contribution in [3.8, 4) is 0 Å². The van der Waals surface area contributed by atoms with Crippen LogP contribution in [0.4, 0.5) is 0 Å². The fraction of sp³-hybridized carbons (Fsp3) is 0.429. The van der Waals surface area contributed by atoms with E-state index in [1.165, 1.54) is 5.56 Å². The van der Waals surface area contributed by atoms with Crippen LogP contribution in [-0.4, -0.2) is 13.7 Å². The first-order valence-electron chi connectivity index (χ1n) is 6.01. The van der Waals surface area contributed by atoms with Gasteiger partial charge in [-0.15, -0.1) is 0 Å². The average Bonchev–Trinajstić information content (AvgIpc) is 2.78. The van der Waals surface area contributed by atoms with Gasteiger partial charge in [0.2, 0.25) is 0 Å². The standard InChI is InChI=1S/C14H19NO2/c1-3-12(15)14-9-11-8-10(6-7-16-2)4-5-13(11)17-14/h4-5,8-9,12H,3,6-7,15H2,1-2H3. The van der Waals surface area contributed by atoms with Crippen LogP contribution in [0.2, 0.25) is 0 Å². The van der Waals surface area contributed by atoms with Gasteiger partial charge in [0.05, 0.1) is 12.6 Å². The lowest BCUT2D eigenvalue weighted by atomic mass is 10.1. The minimum absolute atomic E-state index is 0.00942. The van der Waals surface area contributed by atoms with Crippen molar-refractivity contribution in [2.75, 3.05) is 13.7 Å². The van der Waals surface area contributed by atoms with Crippen molar-refractivity contribution in [3.63, 3.8) is 0 Å². The van der Waals surface area contributed by atoms with E-state index < -0.39 is 0 Å². The predicted molar refractivity (Wildman–Crippen MR) is 69.0 cm³/mol. The van der Waals surface area contributed by atoms with Gasteiger partial charge in [0.25, 0.3) is 0 Å². The minimum atomic E-state index is -0.00942. The van der Waals surface area contributed by atoms with E-state index in [2.05, 4.69) is 19.1 Å². The Morgan fingerprint density at radius 3 is 2.88 bits per heavy atom. The number of benzene rings is 1. The molecule has 1 aromatic carbocycles. The third kappa shape index (κ3) is 2.68. The molecule has 0 saturated carbocycles. The molecule has 1 heterocycles. The smallest absolute Gasteiger partial charge is 0.134 e. The molecule has 0 aliphatic heterocycles. The minimum Gasteiger partial charge on any atom is -0.459 e. The zero-order valence-electron chi connectivity index (χ0n) is 10.4. The van der Waals surface area contributed by atoms with E-state index in [1.807, 2.05) is 12.1 Å². The van der Waals surface area contributed by atoms with Gasteiger partial charge >= 0.3 is 0 Å². The first kappa shape index (κ1) is 12.1. The molecule has 3 nitrogen and oxygen atoms in total. The summed E-state index contributed by atoms with van der Waals surface area (Å²) < 4.78 is 10.8. The largest absolute Gasteiger partial charge is 0.459 e. The van der Waals surface area contributed by atoms with E-state index in [0.29, 0.717) is 0 Å². The van der Waals surface area contributed by atoms with Crippen LogP contribution in [0.3, 0.4) is 0 Å². The third-order valence-electron chi connectivity index (χ3n) is 3.00. The fourth-order valence-electron chi connectivity index (χ4n) is 1.87. The SMILES string of the molecule is CCC(N)c1cc2cc(CCOC)ccc2o1. The summed E-state index contributed by atoms with van der Waals surface area (Å²) in [5.41, 5.74) is 8.13. The van der Waals surface area contributed by atoms with Crippen molar-refractivity contribution in [1.29, 1.82) is 0 Å². The molecule has 0 saturated heterocycles. The molecule has 0 amide bonds. The van der Waals surface area contributed by atoms with E-state index >= 15 is 0 Å². The molecule has 2 aromatic rings. The first-order valence-corrected chi connectivity index (χ1v) is 6.01. The molecule has 92 valence electrons. The zero-order chi connectivity index (χ0) is 12.3. The Bertz CT molecular complexity index is 490.